The van der Waals surface area contributed by atoms with Crippen LogP contribution in [0.15, 0.2) is 42.5 Å². The summed E-state index contributed by atoms with van der Waals surface area (Å²) in [4.78, 5) is 19.1. The predicted octanol–water partition coefficient (Wildman–Crippen LogP) is 3.51. The summed E-state index contributed by atoms with van der Waals surface area (Å²) in [7, 11) is 2.50. The third-order valence-corrected chi connectivity index (χ3v) is 3.22. The van der Waals surface area contributed by atoms with Gasteiger partial charge in [0.05, 0.1) is 14.2 Å². The number of hydrogen-bond donors (Lipinski definition) is 0. The molecule has 0 unspecified atom stereocenters. The van der Waals surface area contributed by atoms with Crippen LogP contribution in [0.3, 0.4) is 0 Å². The molecule has 0 aliphatic carbocycles. The van der Waals surface area contributed by atoms with E-state index >= 15 is 0 Å². The van der Waals surface area contributed by atoms with Crippen molar-refractivity contribution >= 4 is 5.97 Å². The Kier molecular flexibility index (Phi) is 5.81. The summed E-state index contributed by atoms with van der Waals surface area (Å²) < 4.78 is 53.3. The van der Waals surface area contributed by atoms with Crippen LogP contribution in [0.4, 0.5) is 13.2 Å². The molecule has 0 aliphatic heterocycles. The molecule has 0 amide bonds. The van der Waals surface area contributed by atoms with Crippen molar-refractivity contribution in [2.75, 3.05) is 14.2 Å². The van der Waals surface area contributed by atoms with E-state index in [9.17, 15) is 18.0 Å². The third kappa shape index (κ3) is 4.50. The SMILES string of the molecule is COC=C(Oc1cc(-c2nccc(C(F)(F)F)n2)ccc1C)C(=O)OC. The number of aryl methyl sites for hydroxylation is 1. The van der Waals surface area contributed by atoms with Gasteiger partial charge in [-0.3, -0.25) is 0 Å². The molecule has 1 aromatic carbocycles. The molecular formula is C17H15F3N2O4. The average Bonchev–Trinajstić information content (AvgIpc) is 2.61. The quantitative estimate of drug-likeness (QED) is 0.457. The summed E-state index contributed by atoms with van der Waals surface area (Å²) in [6.45, 7) is 1.70. The van der Waals surface area contributed by atoms with E-state index in [4.69, 9.17) is 9.47 Å². The van der Waals surface area contributed by atoms with Gasteiger partial charge in [0.1, 0.15) is 17.7 Å². The number of ether oxygens (including phenoxy) is 3. The van der Waals surface area contributed by atoms with Crippen molar-refractivity contribution in [2.45, 2.75) is 13.1 Å². The molecule has 1 aromatic heterocycles. The van der Waals surface area contributed by atoms with Crippen LogP contribution in [0.5, 0.6) is 5.75 Å². The lowest BCUT2D eigenvalue weighted by atomic mass is 10.1. The monoisotopic (exact) mass is 368 g/mol. The first-order chi connectivity index (χ1) is 12.3. The first kappa shape index (κ1) is 19.2. The number of esters is 1. The van der Waals surface area contributed by atoms with Gasteiger partial charge in [-0.15, -0.1) is 0 Å². The van der Waals surface area contributed by atoms with Gasteiger partial charge >= 0.3 is 12.1 Å². The molecule has 0 radical (unpaired) electrons. The topological polar surface area (TPSA) is 70.5 Å². The molecule has 0 atom stereocenters. The zero-order valence-corrected chi connectivity index (χ0v) is 14.1. The fourth-order valence-corrected chi connectivity index (χ4v) is 1.94. The number of nitrogens with zero attached hydrogens (tertiary/aromatic N) is 2. The Labute approximate surface area is 147 Å². The van der Waals surface area contributed by atoms with Crippen LogP contribution < -0.4 is 4.74 Å². The molecule has 0 saturated heterocycles. The Hall–Kier alpha value is -3.10. The Morgan fingerprint density at radius 2 is 1.92 bits per heavy atom. The first-order valence-corrected chi connectivity index (χ1v) is 7.26. The zero-order valence-electron chi connectivity index (χ0n) is 14.1. The number of aromatic nitrogens is 2. The smallest absolute Gasteiger partial charge is 0.433 e. The minimum absolute atomic E-state index is 0.125. The van der Waals surface area contributed by atoms with Gasteiger partial charge in [0.15, 0.2) is 5.82 Å². The minimum atomic E-state index is -4.58. The molecule has 0 N–H and O–H groups in total. The number of carbonyl (C=O) groups is 1. The molecule has 1 heterocycles. The van der Waals surface area contributed by atoms with Gasteiger partial charge in [0, 0.05) is 11.8 Å². The highest BCUT2D eigenvalue weighted by Crippen LogP contribution is 2.30. The minimum Gasteiger partial charge on any atom is -0.500 e. The van der Waals surface area contributed by atoms with E-state index in [1.165, 1.54) is 20.3 Å². The van der Waals surface area contributed by atoms with Gasteiger partial charge in [-0.05, 0) is 24.6 Å². The molecule has 0 fully saturated rings. The molecule has 0 bridgehead atoms. The second-order valence-electron chi connectivity index (χ2n) is 5.05. The maximum atomic E-state index is 12.8. The van der Waals surface area contributed by atoms with Crippen LogP contribution in [0.25, 0.3) is 11.4 Å². The first-order valence-electron chi connectivity index (χ1n) is 7.26. The number of benzene rings is 1. The Morgan fingerprint density at radius 3 is 2.54 bits per heavy atom. The van der Waals surface area contributed by atoms with Gasteiger partial charge < -0.3 is 14.2 Å². The van der Waals surface area contributed by atoms with Crippen molar-refractivity contribution in [3.63, 3.8) is 0 Å². The maximum absolute atomic E-state index is 12.8. The van der Waals surface area contributed by atoms with E-state index in [1.807, 2.05) is 0 Å². The van der Waals surface area contributed by atoms with Crippen molar-refractivity contribution in [3.8, 4) is 17.1 Å². The lowest BCUT2D eigenvalue weighted by Crippen LogP contribution is -2.12. The van der Waals surface area contributed by atoms with Crippen molar-refractivity contribution in [3.05, 3.63) is 53.7 Å². The summed E-state index contributed by atoms with van der Waals surface area (Å²) >= 11 is 0. The van der Waals surface area contributed by atoms with E-state index in [-0.39, 0.29) is 17.3 Å². The van der Waals surface area contributed by atoms with Crippen LogP contribution in [0.2, 0.25) is 0 Å². The van der Waals surface area contributed by atoms with Gasteiger partial charge in [0.25, 0.3) is 0 Å². The Balaban J connectivity index is 2.41. The van der Waals surface area contributed by atoms with Crippen LogP contribution >= 0.6 is 0 Å². The fraction of sp³-hybridized carbons (Fsp3) is 0.235. The van der Waals surface area contributed by atoms with E-state index < -0.39 is 17.8 Å². The maximum Gasteiger partial charge on any atom is 0.433 e. The number of rotatable bonds is 5. The average molecular weight is 368 g/mol. The molecule has 6 nitrogen and oxygen atoms in total. The molecule has 2 aromatic rings. The Morgan fingerprint density at radius 1 is 1.19 bits per heavy atom. The van der Waals surface area contributed by atoms with Crippen molar-refractivity contribution in [2.24, 2.45) is 0 Å². The van der Waals surface area contributed by atoms with Crippen molar-refractivity contribution in [1.29, 1.82) is 0 Å². The summed E-state index contributed by atoms with van der Waals surface area (Å²) in [6, 6.07) is 5.37. The molecule has 0 saturated carbocycles. The lowest BCUT2D eigenvalue weighted by Gasteiger charge is -2.12. The second-order valence-corrected chi connectivity index (χ2v) is 5.05. The summed E-state index contributed by atoms with van der Waals surface area (Å²) in [5.74, 6) is -0.899. The number of hydrogen-bond acceptors (Lipinski definition) is 6. The zero-order chi connectivity index (χ0) is 19.3. The number of methoxy groups -OCH3 is 2. The molecular weight excluding hydrogens is 353 g/mol. The highest BCUT2D eigenvalue weighted by Gasteiger charge is 2.32. The van der Waals surface area contributed by atoms with Crippen LogP contribution in [0, 0.1) is 6.92 Å². The molecule has 9 heteroatoms. The third-order valence-electron chi connectivity index (χ3n) is 3.22. The van der Waals surface area contributed by atoms with E-state index in [2.05, 4.69) is 14.7 Å². The highest BCUT2D eigenvalue weighted by atomic mass is 19.4. The van der Waals surface area contributed by atoms with Crippen LogP contribution in [0.1, 0.15) is 11.3 Å². The second kappa shape index (κ2) is 7.85. The summed E-state index contributed by atoms with van der Waals surface area (Å²) in [5.41, 5.74) is -0.134. The van der Waals surface area contributed by atoms with Gasteiger partial charge in [0.2, 0.25) is 5.76 Å². The van der Waals surface area contributed by atoms with Crippen molar-refractivity contribution in [1.82, 2.24) is 9.97 Å². The summed E-state index contributed by atoms with van der Waals surface area (Å²) in [6.07, 6.45) is -2.50. The van der Waals surface area contributed by atoms with Gasteiger partial charge in [-0.25, -0.2) is 14.8 Å². The predicted molar refractivity (Wildman–Crippen MR) is 84.9 cm³/mol. The van der Waals surface area contributed by atoms with Crippen LogP contribution in [-0.4, -0.2) is 30.2 Å². The van der Waals surface area contributed by atoms with E-state index in [0.717, 1.165) is 18.5 Å². The molecule has 26 heavy (non-hydrogen) atoms. The number of carbonyl (C=O) groups excluding carboxylic acids is 1. The molecule has 138 valence electrons. The Bertz CT molecular complexity index is 835. The standard InChI is InChI=1S/C17H15F3N2O4/c1-10-4-5-11(15-21-7-6-14(22-15)17(18,19)20)8-12(10)26-13(9-24-2)16(23)25-3/h4-9H,1-3H3. The number of alkyl halides is 3. The fourth-order valence-electron chi connectivity index (χ4n) is 1.94. The van der Waals surface area contributed by atoms with Gasteiger partial charge in [-0.2, -0.15) is 13.2 Å². The largest absolute Gasteiger partial charge is 0.500 e. The molecule has 2 rings (SSSR count). The number of halogens is 3. The molecule has 0 spiro atoms. The van der Waals surface area contributed by atoms with Crippen molar-refractivity contribution < 1.29 is 32.2 Å². The summed E-state index contributed by atoms with van der Waals surface area (Å²) in [5, 5.41) is 0. The lowest BCUT2D eigenvalue weighted by molar-refractivity contribution is -0.141. The highest BCUT2D eigenvalue weighted by molar-refractivity contribution is 5.86. The van der Waals surface area contributed by atoms with E-state index in [1.54, 1.807) is 19.1 Å². The van der Waals surface area contributed by atoms with E-state index in [0.29, 0.717) is 11.1 Å². The van der Waals surface area contributed by atoms with Crippen LogP contribution in [-0.2, 0) is 20.4 Å². The molecule has 0 aliphatic rings. The van der Waals surface area contributed by atoms with Gasteiger partial charge in [-0.1, -0.05) is 12.1 Å². The normalized spacial score (nSPS) is 11.8.